The van der Waals surface area contributed by atoms with Gasteiger partial charge in [0.25, 0.3) is 0 Å². The van der Waals surface area contributed by atoms with Gasteiger partial charge in [0, 0.05) is 23.4 Å². The summed E-state index contributed by atoms with van der Waals surface area (Å²) in [5, 5.41) is 2.97. The number of rotatable bonds is 7. The predicted octanol–water partition coefficient (Wildman–Crippen LogP) is 2.46. The monoisotopic (exact) mass is 326 g/mol. The van der Waals surface area contributed by atoms with E-state index in [9.17, 15) is 9.59 Å². The van der Waals surface area contributed by atoms with Gasteiger partial charge < -0.3 is 15.8 Å². The molecule has 0 spiro atoms. The second-order valence-electron chi connectivity index (χ2n) is 5.52. The van der Waals surface area contributed by atoms with E-state index in [1.807, 2.05) is 31.2 Å². The number of nitrogens with one attached hydrogen (secondary N) is 1. The Balaban J connectivity index is 2.08. The van der Waals surface area contributed by atoms with Crippen molar-refractivity contribution >= 4 is 17.4 Å². The van der Waals surface area contributed by atoms with Gasteiger partial charge in [-0.15, -0.1) is 0 Å². The van der Waals surface area contributed by atoms with Gasteiger partial charge >= 0.3 is 5.97 Å². The minimum absolute atomic E-state index is 0.0540. The minimum atomic E-state index is -0.317. The topological polar surface area (TPSA) is 81.4 Å². The fourth-order valence-corrected chi connectivity index (χ4v) is 2.28. The number of hydrogen-bond donors (Lipinski definition) is 2. The smallest absolute Gasteiger partial charge is 0.319 e. The van der Waals surface area contributed by atoms with E-state index in [0.717, 1.165) is 11.1 Å². The molecule has 2 rings (SSSR count). The highest BCUT2D eigenvalue weighted by Gasteiger charge is 2.11. The molecule has 0 saturated carbocycles. The summed E-state index contributed by atoms with van der Waals surface area (Å²) in [7, 11) is 0. The molecule has 0 atom stereocenters. The van der Waals surface area contributed by atoms with Crippen LogP contribution in [0.15, 0.2) is 42.5 Å². The highest BCUT2D eigenvalue weighted by Crippen LogP contribution is 2.17. The molecule has 0 bridgehead atoms. The van der Waals surface area contributed by atoms with Crippen molar-refractivity contribution in [1.82, 2.24) is 5.32 Å². The molecule has 2 aromatic carbocycles. The number of carbonyl (C=O) groups excluding carboxylic acids is 2. The number of anilines is 1. The van der Waals surface area contributed by atoms with Crippen LogP contribution in [0.1, 0.15) is 34.0 Å². The molecule has 5 heteroatoms. The first-order valence-corrected chi connectivity index (χ1v) is 7.87. The predicted molar refractivity (Wildman–Crippen MR) is 93.8 cm³/mol. The average Bonchev–Trinajstić information content (AvgIpc) is 2.57. The quantitative estimate of drug-likeness (QED) is 0.464. The van der Waals surface area contributed by atoms with E-state index in [0.29, 0.717) is 30.0 Å². The van der Waals surface area contributed by atoms with Crippen LogP contribution in [0.25, 0.3) is 0 Å². The normalized spacial score (nSPS) is 10.4. The van der Waals surface area contributed by atoms with Crippen LogP contribution in [0.4, 0.5) is 5.69 Å². The Morgan fingerprint density at radius 3 is 2.42 bits per heavy atom. The molecule has 0 aliphatic carbocycles. The average molecular weight is 326 g/mol. The molecular weight excluding hydrogens is 304 g/mol. The van der Waals surface area contributed by atoms with Crippen molar-refractivity contribution in [3.63, 3.8) is 0 Å². The summed E-state index contributed by atoms with van der Waals surface area (Å²) in [6.45, 7) is 4.58. The number of nitrogen functional groups attached to an aromatic ring is 1. The van der Waals surface area contributed by atoms with Crippen molar-refractivity contribution in [3.05, 3.63) is 64.7 Å². The van der Waals surface area contributed by atoms with Gasteiger partial charge in [-0.1, -0.05) is 29.8 Å². The zero-order valence-corrected chi connectivity index (χ0v) is 14.0. The Morgan fingerprint density at radius 2 is 1.75 bits per heavy atom. The Bertz CT molecular complexity index is 724. The molecule has 3 N–H and O–H groups in total. The van der Waals surface area contributed by atoms with Crippen LogP contribution in [0.2, 0.25) is 0 Å². The van der Waals surface area contributed by atoms with Gasteiger partial charge in [-0.05, 0) is 37.6 Å². The van der Waals surface area contributed by atoms with Crippen LogP contribution in [-0.4, -0.2) is 24.9 Å². The maximum atomic E-state index is 12.6. The zero-order chi connectivity index (χ0) is 17.5. The van der Waals surface area contributed by atoms with Crippen LogP contribution < -0.4 is 11.1 Å². The fourth-order valence-electron chi connectivity index (χ4n) is 2.28. The van der Waals surface area contributed by atoms with E-state index < -0.39 is 0 Å². The molecule has 2 aromatic rings. The molecule has 0 unspecified atom stereocenters. The number of nitrogens with two attached hydrogens (primary N) is 1. The van der Waals surface area contributed by atoms with E-state index in [4.69, 9.17) is 10.5 Å². The van der Waals surface area contributed by atoms with Crippen molar-refractivity contribution in [3.8, 4) is 0 Å². The Hall–Kier alpha value is -2.66. The van der Waals surface area contributed by atoms with E-state index in [-0.39, 0.29) is 18.3 Å². The Labute approximate surface area is 141 Å². The first kappa shape index (κ1) is 17.7. The first-order chi connectivity index (χ1) is 11.5. The Morgan fingerprint density at radius 1 is 1.08 bits per heavy atom. The van der Waals surface area contributed by atoms with Crippen molar-refractivity contribution < 1.29 is 14.3 Å². The van der Waals surface area contributed by atoms with Gasteiger partial charge in [0.1, 0.15) is 0 Å². The molecule has 0 aliphatic heterocycles. The third-order valence-electron chi connectivity index (χ3n) is 3.61. The molecule has 0 saturated heterocycles. The van der Waals surface area contributed by atoms with Crippen LogP contribution in [0.3, 0.4) is 0 Å². The standard InChI is InChI=1S/C19H22N2O3/c1-3-24-18(22)12-21-11-16-10-15(8-9-17(16)20)19(23)14-6-4-13(2)5-7-14/h4-10,21H,3,11-12,20H2,1-2H3. The molecule has 24 heavy (non-hydrogen) atoms. The number of carbonyl (C=O) groups is 2. The van der Waals surface area contributed by atoms with Crippen molar-refractivity contribution in [2.24, 2.45) is 0 Å². The maximum Gasteiger partial charge on any atom is 0.319 e. The highest BCUT2D eigenvalue weighted by atomic mass is 16.5. The van der Waals surface area contributed by atoms with E-state index in [2.05, 4.69) is 5.32 Å². The zero-order valence-electron chi connectivity index (χ0n) is 14.0. The number of benzene rings is 2. The molecule has 0 heterocycles. The molecule has 0 radical (unpaired) electrons. The van der Waals surface area contributed by atoms with Gasteiger partial charge in [-0.2, -0.15) is 0 Å². The lowest BCUT2D eigenvalue weighted by Gasteiger charge is -2.10. The second-order valence-corrected chi connectivity index (χ2v) is 5.52. The summed E-state index contributed by atoms with van der Waals surface area (Å²) in [6.07, 6.45) is 0. The lowest BCUT2D eigenvalue weighted by Crippen LogP contribution is -2.24. The lowest BCUT2D eigenvalue weighted by molar-refractivity contribution is -0.142. The first-order valence-electron chi connectivity index (χ1n) is 7.87. The maximum absolute atomic E-state index is 12.6. The number of hydrogen-bond acceptors (Lipinski definition) is 5. The molecule has 126 valence electrons. The summed E-state index contributed by atoms with van der Waals surface area (Å²) >= 11 is 0. The summed E-state index contributed by atoms with van der Waals surface area (Å²) < 4.78 is 4.85. The molecular formula is C19H22N2O3. The highest BCUT2D eigenvalue weighted by molar-refractivity contribution is 6.09. The van der Waals surface area contributed by atoms with Gasteiger partial charge in [0.15, 0.2) is 5.78 Å². The van der Waals surface area contributed by atoms with Gasteiger partial charge in [0.2, 0.25) is 0 Å². The van der Waals surface area contributed by atoms with Crippen molar-refractivity contribution in [2.45, 2.75) is 20.4 Å². The van der Waals surface area contributed by atoms with Crippen LogP contribution in [0, 0.1) is 6.92 Å². The summed E-state index contributed by atoms with van der Waals surface area (Å²) in [5.41, 5.74) is 9.62. The Kier molecular flexibility index (Phi) is 6.09. The second kappa shape index (κ2) is 8.26. The molecule has 0 aromatic heterocycles. The largest absolute Gasteiger partial charge is 0.465 e. The van der Waals surface area contributed by atoms with E-state index >= 15 is 0 Å². The van der Waals surface area contributed by atoms with E-state index in [1.54, 1.807) is 25.1 Å². The third kappa shape index (κ3) is 4.67. The summed E-state index contributed by atoms with van der Waals surface area (Å²) in [6, 6.07) is 12.6. The molecule has 5 nitrogen and oxygen atoms in total. The van der Waals surface area contributed by atoms with Crippen LogP contribution in [-0.2, 0) is 16.1 Å². The van der Waals surface area contributed by atoms with E-state index in [1.165, 1.54) is 0 Å². The van der Waals surface area contributed by atoms with Crippen molar-refractivity contribution in [1.29, 1.82) is 0 Å². The summed E-state index contributed by atoms with van der Waals surface area (Å²) in [4.78, 5) is 23.9. The van der Waals surface area contributed by atoms with Crippen LogP contribution >= 0.6 is 0 Å². The number of esters is 1. The van der Waals surface area contributed by atoms with Gasteiger partial charge in [0.05, 0.1) is 13.2 Å². The minimum Gasteiger partial charge on any atom is -0.465 e. The molecule has 0 amide bonds. The molecule has 0 fully saturated rings. The third-order valence-corrected chi connectivity index (χ3v) is 3.61. The lowest BCUT2D eigenvalue weighted by atomic mass is 9.99. The van der Waals surface area contributed by atoms with Crippen molar-refractivity contribution in [2.75, 3.05) is 18.9 Å². The fraction of sp³-hybridized carbons (Fsp3) is 0.263. The van der Waals surface area contributed by atoms with Gasteiger partial charge in [-0.25, -0.2) is 0 Å². The summed E-state index contributed by atoms with van der Waals surface area (Å²) in [5.74, 6) is -0.371. The SMILES string of the molecule is CCOC(=O)CNCc1cc(C(=O)c2ccc(C)cc2)ccc1N. The molecule has 0 aliphatic rings. The number of aryl methyl sites for hydroxylation is 1. The van der Waals surface area contributed by atoms with Crippen LogP contribution in [0.5, 0.6) is 0 Å². The number of ketones is 1. The van der Waals surface area contributed by atoms with Gasteiger partial charge in [-0.3, -0.25) is 9.59 Å². The number of ether oxygens (including phenoxy) is 1.